The molecule has 1 aliphatic heterocycles. The first-order valence-electron chi connectivity index (χ1n) is 4.64. The second kappa shape index (κ2) is 5.36. The number of nitrogens with zero attached hydrogens (tertiary/aromatic N) is 1. The molecule has 2 heteroatoms. The second-order valence-electron chi connectivity index (χ2n) is 4.54. The maximum atomic E-state index is 4.22. The zero-order valence-corrected chi connectivity index (χ0v) is 11.8. The molecule has 15 heavy (non-hydrogen) atoms. The molecule has 0 N–H and O–H groups in total. The van der Waals surface area contributed by atoms with Gasteiger partial charge in [-0.3, -0.25) is 0 Å². The van der Waals surface area contributed by atoms with Crippen LogP contribution in [0, 0.1) is 0 Å². The van der Waals surface area contributed by atoms with Crippen LogP contribution in [-0.2, 0) is 44.5 Å². The Labute approximate surface area is 118 Å². The smallest absolute Gasteiger partial charge is 0 e. The topological polar surface area (TPSA) is 12.4 Å². The van der Waals surface area contributed by atoms with Gasteiger partial charge in [-0.15, -0.1) is 11.6 Å². The first-order chi connectivity index (χ1) is 6.07. The van der Waals surface area contributed by atoms with Gasteiger partial charge in [-0.05, 0) is 5.41 Å². The SMILES string of the molecule is C.CC(C)(C)c1ccc2c(c1)N=[C-]C2.[Y]. The zero-order valence-electron chi connectivity index (χ0n) is 8.96. The van der Waals surface area contributed by atoms with Crippen molar-refractivity contribution in [3.05, 3.63) is 29.3 Å². The molecule has 0 aliphatic carbocycles. The van der Waals surface area contributed by atoms with Crippen LogP contribution in [0.5, 0.6) is 0 Å². The fourth-order valence-electron chi connectivity index (χ4n) is 1.49. The molecule has 0 amide bonds. The molecule has 0 aromatic heterocycles. The molecule has 0 unspecified atom stereocenters. The molecule has 79 valence electrons. The van der Waals surface area contributed by atoms with E-state index in [0.29, 0.717) is 0 Å². The molecule has 1 aromatic carbocycles. The van der Waals surface area contributed by atoms with Gasteiger partial charge in [-0.1, -0.05) is 58.0 Å². The van der Waals surface area contributed by atoms with Crippen LogP contribution < -0.4 is 0 Å². The van der Waals surface area contributed by atoms with Crippen molar-refractivity contribution < 1.29 is 32.7 Å². The summed E-state index contributed by atoms with van der Waals surface area (Å²) >= 11 is 0. The summed E-state index contributed by atoms with van der Waals surface area (Å²) in [4.78, 5) is 4.22. The first kappa shape index (κ1) is 15.0. The fraction of sp³-hybridized carbons (Fsp3) is 0.462. The second-order valence-corrected chi connectivity index (χ2v) is 4.54. The van der Waals surface area contributed by atoms with E-state index in [1.807, 2.05) is 0 Å². The van der Waals surface area contributed by atoms with Crippen LogP contribution in [0.25, 0.3) is 0 Å². The molecule has 1 aliphatic rings. The summed E-state index contributed by atoms with van der Waals surface area (Å²) in [6.07, 6.45) is 3.87. The minimum absolute atomic E-state index is 0. The van der Waals surface area contributed by atoms with Crippen molar-refractivity contribution in [2.24, 2.45) is 4.99 Å². The first-order valence-corrected chi connectivity index (χ1v) is 4.64. The third kappa shape index (κ3) is 3.22. The van der Waals surface area contributed by atoms with Gasteiger partial charge in [-0.25, -0.2) is 0 Å². The van der Waals surface area contributed by atoms with E-state index in [1.165, 1.54) is 11.1 Å². The Bertz CT molecular complexity index is 361. The van der Waals surface area contributed by atoms with Crippen molar-refractivity contribution in [3.63, 3.8) is 0 Å². The zero-order chi connectivity index (χ0) is 9.47. The van der Waals surface area contributed by atoms with Gasteiger partial charge in [0.25, 0.3) is 0 Å². The minimum Gasteiger partial charge on any atom is -0.456 e. The molecular formula is C13H18NY-. The molecule has 0 saturated carbocycles. The molecule has 0 bridgehead atoms. The number of aliphatic imine (C=N–C) groups is 1. The van der Waals surface area contributed by atoms with Crippen molar-refractivity contribution in [2.45, 2.75) is 40.0 Å². The summed E-state index contributed by atoms with van der Waals surface area (Å²) in [5.74, 6) is 0. The predicted molar refractivity (Wildman–Crippen MR) is 62.7 cm³/mol. The van der Waals surface area contributed by atoms with Crippen LogP contribution in [0.4, 0.5) is 5.69 Å². The average Bonchev–Trinajstić information content (AvgIpc) is 2.47. The Hall–Kier alpha value is -0.00610. The molecule has 0 saturated heterocycles. The van der Waals surface area contributed by atoms with Gasteiger partial charge in [0.1, 0.15) is 0 Å². The van der Waals surface area contributed by atoms with E-state index >= 15 is 0 Å². The molecule has 0 fully saturated rings. The van der Waals surface area contributed by atoms with Crippen LogP contribution >= 0.6 is 0 Å². The number of hydrogen-bond acceptors (Lipinski definition) is 1. The van der Waals surface area contributed by atoms with Crippen molar-refractivity contribution >= 4 is 11.9 Å². The van der Waals surface area contributed by atoms with Crippen molar-refractivity contribution in [3.8, 4) is 0 Å². The van der Waals surface area contributed by atoms with Crippen LogP contribution in [-0.4, -0.2) is 6.21 Å². The maximum Gasteiger partial charge on any atom is 0 e. The maximum absolute atomic E-state index is 4.22. The predicted octanol–water partition coefficient (Wildman–Crippen LogP) is 3.75. The molecular weight excluding hydrogens is 259 g/mol. The van der Waals surface area contributed by atoms with Crippen LogP contribution in [0.1, 0.15) is 39.3 Å². The minimum atomic E-state index is 0. The van der Waals surface area contributed by atoms with Crippen LogP contribution in [0.15, 0.2) is 23.2 Å². The van der Waals surface area contributed by atoms with Crippen molar-refractivity contribution in [2.75, 3.05) is 0 Å². The normalized spacial score (nSPS) is 12.7. The molecule has 0 atom stereocenters. The number of benzene rings is 1. The van der Waals surface area contributed by atoms with E-state index in [9.17, 15) is 0 Å². The van der Waals surface area contributed by atoms with Gasteiger partial charge in [-0.2, -0.15) is 6.21 Å². The van der Waals surface area contributed by atoms with E-state index in [0.717, 1.165) is 12.1 Å². The number of fused-ring (bicyclic) bond motifs is 1. The Morgan fingerprint density at radius 3 is 2.53 bits per heavy atom. The van der Waals surface area contributed by atoms with E-state index in [4.69, 9.17) is 0 Å². The van der Waals surface area contributed by atoms with Gasteiger partial charge < -0.3 is 4.99 Å². The summed E-state index contributed by atoms with van der Waals surface area (Å²) in [5, 5.41) is 0. The molecule has 1 heterocycles. The third-order valence-electron chi connectivity index (χ3n) is 2.42. The monoisotopic (exact) mass is 277 g/mol. The molecule has 1 radical (unpaired) electrons. The van der Waals surface area contributed by atoms with E-state index in [-0.39, 0.29) is 45.6 Å². The van der Waals surface area contributed by atoms with E-state index < -0.39 is 0 Å². The van der Waals surface area contributed by atoms with E-state index in [1.54, 1.807) is 0 Å². The van der Waals surface area contributed by atoms with Crippen LogP contribution in [0.3, 0.4) is 0 Å². The Balaban J connectivity index is 0.000000980. The summed E-state index contributed by atoms with van der Waals surface area (Å²) < 4.78 is 0. The Morgan fingerprint density at radius 1 is 1.27 bits per heavy atom. The fourth-order valence-corrected chi connectivity index (χ4v) is 1.49. The molecule has 2 rings (SSSR count). The summed E-state index contributed by atoms with van der Waals surface area (Å²) in [6.45, 7) is 6.66. The number of hydrogen-bond donors (Lipinski definition) is 0. The van der Waals surface area contributed by atoms with Gasteiger partial charge in [0, 0.05) is 32.7 Å². The standard InChI is InChI=1S/C12H14N.CH4.Y/c1-12(2,3)10-5-4-9-6-7-13-11(9)8-10;;/h4-5,8H,6H2,1-3H3;1H4;/q-1;;. The van der Waals surface area contributed by atoms with Gasteiger partial charge in [0.05, 0.1) is 0 Å². The Kier molecular flexibility index (Phi) is 5.36. The van der Waals surface area contributed by atoms with Crippen LogP contribution in [0.2, 0.25) is 0 Å². The van der Waals surface area contributed by atoms with Gasteiger partial charge >= 0.3 is 0 Å². The summed E-state index contributed by atoms with van der Waals surface area (Å²) in [6, 6.07) is 6.54. The average molecular weight is 277 g/mol. The quantitative estimate of drug-likeness (QED) is 0.640. The van der Waals surface area contributed by atoms with Gasteiger partial charge in [0.2, 0.25) is 0 Å². The van der Waals surface area contributed by atoms with Crippen molar-refractivity contribution in [1.29, 1.82) is 0 Å². The largest absolute Gasteiger partial charge is 0.456 e. The molecule has 1 aromatic rings. The Morgan fingerprint density at radius 2 is 1.93 bits per heavy atom. The molecule has 1 nitrogen and oxygen atoms in total. The van der Waals surface area contributed by atoms with Gasteiger partial charge in [0.15, 0.2) is 0 Å². The van der Waals surface area contributed by atoms with E-state index in [2.05, 4.69) is 50.2 Å². The summed E-state index contributed by atoms with van der Waals surface area (Å²) in [5.41, 5.74) is 3.96. The third-order valence-corrected chi connectivity index (χ3v) is 2.42. The van der Waals surface area contributed by atoms with Crippen molar-refractivity contribution in [1.82, 2.24) is 0 Å². The summed E-state index contributed by atoms with van der Waals surface area (Å²) in [7, 11) is 0. The number of rotatable bonds is 0. The molecule has 0 spiro atoms.